The Morgan fingerprint density at radius 3 is 2.69 bits per heavy atom. The molecule has 0 unspecified atom stereocenters. The van der Waals surface area contributed by atoms with Crippen LogP contribution in [0.25, 0.3) is 0 Å². The minimum absolute atomic E-state index is 0.0713. The van der Waals surface area contributed by atoms with Crippen molar-refractivity contribution in [3.8, 4) is 11.8 Å². The van der Waals surface area contributed by atoms with E-state index in [0.717, 1.165) is 21.9 Å². The minimum atomic E-state index is 0.0713. The molecule has 3 heteroatoms. The molecule has 0 saturated carbocycles. The first-order chi connectivity index (χ1) is 6.16. The van der Waals surface area contributed by atoms with Crippen molar-refractivity contribution in [1.29, 1.82) is 5.26 Å². The van der Waals surface area contributed by atoms with Crippen LogP contribution in [0, 0.1) is 25.2 Å². The predicted molar refractivity (Wildman–Crippen MR) is 52.0 cm³/mol. The Bertz CT molecular complexity index is 355. The van der Waals surface area contributed by atoms with Gasteiger partial charge in [0.2, 0.25) is 0 Å². The summed E-state index contributed by atoms with van der Waals surface area (Å²) in [7, 11) is 0. The molecule has 0 aliphatic carbocycles. The summed E-state index contributed by atoms with van der Waals surface area (Å²) in [6, 6.07) is 5.48. The second-order valence-electron chi connectivity index (χ2n) is 2.74. The standard InChI is InChI=1S/C10H10ClNO/c1-7-8(2)10(13-6-5-12)4-3-9(7)11/h3-4H,6H2,1-2H3. The summed E-state index contributed by atoms with van der Waals surface area (Å²) in [5.41, 5.74) is 1.99. The van der Waals surface area contributed by atoms with Gasteiger partial charge in [-0.1, -0.05) is 11.6 Å². The minimum Gasteiger partial charge on any atom is -0.478 e. The first-order valence-corrected chi connectivity index (χ1v) is 4.30. The highest BCUT2D eigenvalue weighted by Crippen LogP contribution is 2.26. The molecule has 1 aromatic carbocycles. The molecular formula is C10H10ClNO. The summed E-state index contributed by atoms with van der Waals surface area (Å²) in [6.45, 7) is 3.92. The van der Waals surface area contributed by atoms with E-state index < -0.39 is 0 Å². The van der Waals surface area contributed by atoms with Gasteiger partial charge in [-0.2, -0.15) is 5.26 Å². The number of hydrogen-bond acceptors (Lipinski definition) is 2. The van der Waals surface area contributed by atoms with Crippen LogP contribution >= 0.6 is 11.6 Å². The second-order valence-corrected chi connectivity index (χ2v) is 3.15. The van der Waals surface area contributed by atoms with Crippen LogP contribution < -0.4 is 4.74 Å². The summed E-state index contributed by atoms with van der Waals surface area (Å²) in [5, 5.41) is 9.07. The van der Waals surface area contributed by atoms with E-state index in [1.54, 1.807) is 12.1 Å². The molecule has 0 spiro atoms. The van der Waals surface area contributed by atoms with Crippen LogP contribution in [0.15, 0.2) is 12.1 Å². The van der Waals surface area contributed by atoms with Gasteiger partial charge in [0.05, 0.1) is 0 Å². The Hall–Kier alpha value is -1.20. The number of hydrogen-bond donors (Lipinski definition) is 0. The van der Waals surface area contributed by atoms with Gasteiger partial charge in [-0.25, -0.2) is 0 Å². The molecule has 0 heterocycles. The van der Waals surface area contributed by atoms with E-state index in [4.69, 9.17) is 21.6 Å². The summed E-state index contributed by atoms with van der Waals surface area (Å²) in [6.07, 6.45) is 0. The normalized spacial score (nSPS) is 9.38. The summed E-state index contributed by atoms with van der Waals surface area (Å²) >= 11 is 5.90. The van der Waals surface area contributed by atoms with Gasteiger partial charge < -0.3 is 4.74 Å². The lowest BCUT2D eigenvalue weighted by molar-refractivity contribution is 0.365. The van der Waals surface area contributed by atoms with Crippen molar-refractivity contribution in [2.24, 2.45) is 0 Å². The molecule has 1 aromatic rings. The molecule has 0 saturated heterocycles. The molecule has 0 aliphatic rings. The van der Waals surface area contributed by atoms with Crippen LogP contribution in [-0.4, -0.2) is 6.61 Å². The fourth-order valence-electron chi connectivity index (χ4n) is 1.03. The summed E-state index contributed by atoms with van der Waals surface area (Å²) in [4.78, 5) is 0. The second kappa shape index (κ2) is 4.15. The maximum Gasteiger partial charge on any atom is 0.174 e. The van der Waals surface area contributed by atoms with E-state index in [-0.39, 0.29) is 6.61 Å². The Labute approximate surface area is 82.7 Å². The number of rotatable bonds is 2. The zero-order chi connectivity index (χ0) is 9.84. The molecular weight excluding hydrogens is 186 g/mol. The first-order valence-electron chi connectivity index (χ1n) is 3.92. The van der Waals surface area contributed by atoms with E-state index in [1.165, 1.54) is 0 Å². The maximum atomic E-state index is 8.34. The Balaban J connectivity index is 2.98. The highest BCUT2D eigenvalue weighted by molar-refractivity contribution is 6.31. The van der Waals surface area contributed by atoms with E-state index in [1.807, 2.05) is 19.9 Å². The van der Waals surface area contributed by atoms with Crippen molar-refractivity contribution in [2.45, 2.75) is 13.8 Å². The van der Waals surface area contributed by atoms with Crippen molar-refractivity contribution in [3.63, 3.8) is 0 Å². The highest BCUT2D eigenvalue weighted by atomic mass is 35.5. The van der Waals surface area contributed by atoms with Gasteiger partial charge in [-0.15, -0.1) is 0 Å². The zero-order valence-electron chi connectivity index (χ0n) is 7.60. The highest BCUT2D eigenvalue weighted by Gasteiger charge is 2.04. The van der Waals surface area contributed by atoms with E-state index in [0.29, 0.717) is 0 Å². The van der Waals surface area contributed by atoms with Crippen LogP contribution in [0.5, 0.6) is 5.75 Å². The molecule has 0 radical (unpaired) electrons. The Kier molecular flexibility index (Phi) is 3.16. The average Bonchev–Trinajstić information content (AvgIpc) is 2.13. The molecule has 0 aliphatic heterocycles. The molecule has 0 aromatic heterocycles. The molecule has 0 amide bonds. The van der Waals surface area contributed by atoms with E-state index in [9.17, 15) is 0 Å². The van der Waals surface area contributed by atoms with Gasteiger partial charge >= 0.3 is 0 Å². The molecule has 0 atom stereocenters. The smallest absolute Gasteiger partial charge is 0.174 e. The lowest BCUT2D eigenvalue weighted by Gasteiger charge is -2.09. The summed E-state index contributed by atoms with van der Waals surface area (Å²) in [5.74, 6) is 0.725. The van der Waals surface area contributed by atoms with Gasteiger partial charge in [0.25, 0.3) is 0 Å². The van der Waals surface area contributed by atoms with E-state index >= 15 is 0 Å². The monoisotopic (exact) mass is 195 g/mol. The van der Waals surface area contributed by atoms with Crippen LogP contribution in [0.1, 0.15) is 11.1 Å². The van der Waals surface area contributed by atoms with Crippen molar-refractivity contribution >= 4 is 11.6 Å². The van der Waals surface area contributed by atoms with Gasteiger partial charge in [-0.05, 0) is 37.1 Å². The molecule has 0 fully saturated rings. The average molecular weight is 196 g/mol. The van der Waals surface area contributed by atoms with Crippen molar-refractivity contribution in [3.05, 3.63) is 28.3 Å². The number of benzene rings is 1. The third kappa shape index (κ3) is 2.13. The van der Waals surface area contributed by atoms with Crippen molar-refractivity contribution < 1.29 is 4.74 Å². The number of ether oxygens (including phenoxy) is 1. The van der Waals surface area contributed by atoms with Crippen LogP contribution in [0.2, 0.25) is 5.02 Å². The topological polar surface area (TPSA) is 33.0 Å². The van der Waals surface area contributed by atoms with E-state index in [2.05, 4.69) is 0 Å². The number of nitrogens with zero attached hydrogens (tertiary/aromatic N) is 1. The third-order valence-electron chi connectivity index (χ3n) is 1.96. The van der Waals surface area contributed by atoms with Gasteiger partial charge in [0.1, 0.15) is 11.8 Å². The lowest BCUT2D eigenvalue weighted by atomic mass is 10.1. The fraction of sp³-hybridized carbons (Fsp3) is 0.300. The zero-order valence-corrected chi connectivity index (χ0v) is 8.35. The van der Waals surface area contributed by atoms with Crippen molar-refractivity contribution in [2.75, 3.05) is 6.61 Å². The maximum absolute atomic E-state index is 8.34. The Morgan fingerprint density at radius 2 is 2.08 bits per heavy atom. The molecule has 0 N–H and O–H groups in total. The molecule has 2 nitrogen and oxygen atoms in total. The lowest BCUT2D eigenvalue weighted by Crippen LogP contribution is -1.97. The molecule has 13 heavy (non-hydrogen) atoms. The SMILES string of the molecule is Cc1c(Cl)ccc(OCC#N)c1C. The summed E-state index contributed by atoms with van der Waals surface area (Å²) < 4.78 is 5.20. The van der Waals surface area contributed by atoms with Gasteiger partial charge in [-0.3, -0.25) is 0 Å². The quantitative estimate of drug-likeness (QED) is 0.727. The number of halogens is 1. The number of nitriles is 1. The van der Waals surface area contributed by atoms with Crippen molar-refractivity contribution in [1.82, 2.24) is 0 Å². The van der Waals surface area contributed by atoms with Crippen LogP contribution in [-0.2, 0) is 0 Å². The Morgan fingerprint density at radius 1 is 1.38 bits per heavy atom. The third-order valence-corrected chi connectivity index (χ3v) is 2.37. The molecule has 0 bridgehead atoms. The van der Waals surface area contributed by atoms with Crippen LogP contribution in [0.4, 0.5) is 0 Å². The predicted octanol–water partition coefficient (Wildman–Crippen LogP) is 2.86. The van der Waals surface area contributed by atoms with Crippen LogP contribution in [0.3, 0.4) is 0 Å². The largest absolute Gasteiger partial charge is 0.478 e. The van der Waals surface area contributed by atoms with Gasteiger partial charge in [0.15, 0.2) is 6.61 Å². The van der Waals surface area contributed by atoms with Gasteiger partial charge in [0, 0.05) is 5.02 Å². The first kappa shape index (κ1) is 9.88. The fourth-order valence-corrected chi connectivity index (χ4v) is 1.23. The molecule has 68 valence electrons. The molecule has 1 rings (SSSR count).